The number of aliphatic hydroxyl groups is 1. The van der Waals surface area contributed by atoms with E-state index in [9.17, 15) is 5.11 Å². The van der Waals surface area contributed by atoms with Crippen molar-refractivity contribution in [2.75, 3.05) is 32.1 Å². The van der Waals surface area contributed by atoms with Gasteiger partial charge in [0.25, 0.3) is 0 Å². The molecule has 4 heteroatoms. The lowest BCUT2D eigenvalue weighted by atomic mass is 10.0. The van der Waals surface area contributed by atoms with E-state index in [1.807, 2.05) is 18.2 Å². The second-order valence-electron chi connectivity index (χ2n) is 5.56. The third-order valence-corrected chi connectivity index (χ3v) is 4.28. The molecule has 1 unspecified atom stereocenters. The number of nitrogens with zero attached hydrogens (tertiary/aromatic N) is 2. The van der Waals surface area contributed by atoms with E-state index >= 15 is 0 Å². The Hall–Kier alpha value is -0.770. The third-order valence-electron chi connectivity index (χ3n) is 3.98. The second-order valence-corrected chi connectivity index (χ2v) is 5.96. The molecule has 2 rings (SSSR count). The average Bonchev–Trinajstić information content (AvgIpc) is 2.37. The molecule has 0 amide bonds. The summed E-state index contributed by atoms with van der Waals surface area (Å²) in [6.07, 6.45) is 1.96. The summed E-state index contributed by atoms with van der Waals surface area (Å²) in [6.45, 7) is 4.01. The molecule has 0 aromatic heterocycles. The van der Waals surface area contributed by atoms with E-state index in [1.165, 1.54) is 19.4 Å². The summed E-state index contributed by atoms with van der Waals surface area (Å²) in [5.41, 5.74) is 1.91. The van der Waals surface area contributed by atoms with Gasteiger partial charge in [0.05, 0.1) is 16.8 Å². The van der Waals surface area contributed by atoms with Gasteiger partial charge in [-0.1, -0.05) is 17.7 Å². The van der Waals surface area contributed by atoms with E-state index in [0.717, 1.165) is 17.8 Å². The zero-order valence-electron chi connectivity index (χ0n) is 11.9. The van der Waals surface area contributed by atoms with Gasteiger partial charge in [-0.3, -0.25) is 0 Å². The molecule has 1 aliphatic rings. The van der Waals surface area contributed by atoms with Crippen molar-refractivity contribution < 1.29 is 5.11 Å². The van der Waals surface area contributed by atoms with Crippen molar-refractivity contribution in [2.24, 2.45) is 0 Å². The number of rotatable bonds is 3. The topological polar surface area (TPSA) is 26.7 Å². The van der Waals surface area contributed by atoms with Crippen molar-refractivity contribution in [3.05, 3.63) is 28.8 Å². The number of piperidine rings is 1. The van der Waals surface area contributed by atoms with Gasteiger partial charge in [0.1, 0.15) is 0 Å². The summed E-state index contributed by atoms with van der Waals surface area (Å²) in [4.78, 5) is 4.63. The Kier molecular flexibility index (Phi) is 4.71. The van der Waals surface area contributed by atoms with Gasteiger partial charge in [-0.2, -0.15) is 0 Å². The summed E-state index contributed by atoms with van der Waals surface area (Å²) in [7, 11) is 4.27. The summed E-state index contributed by atoms with van der Waals surface area (Å²) in [5.74, 6) is 0. The number of aliphatic hydroxyl groups excluding tert-OH is 1. The lowest BCUT2D eigenvalue weighted by Gasteiger charge is -2.37. The molecule has 1 N–H and O–H groups in total. The quantitative estimate of drug-likeness (QED) is 0.923. The lowest BCUT2D eigenvalue weighted by molar-refractivity contribution is 0.199. The maximum absolute atomic E-state index is 9.58. The van der Waals surface area contributed by atoms with Crippen LogP contribution in [0.4, 0.5) is 5.69 Å². The van der Waals surface area contributed by atoms with Gasteiger partial charge in [0.15, 0.2) is 0 Å². The zero-order chi connectivity index (χ0) is 14.0. The average molecular weight is 283 g/mol. The standard InChI is InChI=1S/C15H23ClN2O/c1-11(19)12-6-7-15(14(16)9-12)18(3)13-5-4-8-17(2)10-13/h6-7,9,11,13,19H,4-5,8,10H2,1-3H3/t11-,13?/m0/s1. The van der Waals surface area contributed by atoms with Crippen LogP contribution >= 0.6 is 11.6 Å². The van der Waals surface area contributed by atoms with Gasteiger partial charge >= 0.3 is 0 Å². The van der Waals surface area contributed by atoms with Crippen LogP contribution in [0.1, 0.15) is 31.4 Å². The predicted molar refractivity (Wildman–Crippen MR) is 81.0 cm³/mol. The van der Waals surface area contributed by atoms with Crippen molar-refractivity contribution in [3.63, 3.8) is 0 Å². The third kappa shape index (κ3) is 3.41. The number of anilines is 1. The molecular weight excluding hydrogens is 260 g/mol. The van der Waals surface area contributed by atoms with Crippen LogP contribution in [0.2, 0.25) is 5.02 Å². The first-order chi connectivity index (χ1) is 8.99. The maximum atomic E-state index is 9.58. The molecule has 1 saturated heterocycles. The lowest BCUT2D eigenvalue weighted by Crippen LogP contribution is -2.45. The molecule has 106 valence electrons. The molecule has 1 aromatic carbocycles. The van der Waals surface area contributed by atoms with E-state index in [1.54, 1.807) is 6.92 Å². The minimum atomic E-state index is -0.474. The van der Waals surface area contributed by atoms with E-state index in [-0.39, 0.29) is 0 Å². The van der Waals surface area contributed by atoms with Crippen molar-refractivity contribution in [1.82, 2.24) is 4.90 Å². The van der Waals surface area contributed by atoms with Crippen LogP contribution in [0.25, 0.3) is 0 Å². The highest BCUT2D eigenvalue weighted by Crippen LogP contribution is 2.31. The van der Waals surface area contributed by atoms with Gasteiger partial charge in [0, 0.05) is 19.6 Å². The fourth-order valence-electron chi connectivity index (χ4n) is 2.72. The molecule has 3 nitrogen and oxygen atoms in total. The van der Waals surface area contributed by atoms with Crippen molar-refractivity contribution in [2.45, 2.75) is 31.9 Å². The van der Waals surface area contributed by atoms with E-state index in [2.05, 4.69) is 23.9 Å². The van der Waals surface area contributed by atoms with Crippen LogP contribution in [0.3, 0.4) is 0 Å². The molecule has 1 fully saturated rings. The molecule has 0 spiro atoms. The molecule has 0 saturated carbocycles. The molecule has 1 heterocycles. The van der Waals surface area contributed by atoms with Crippen LogP contribution in [0.15, 0.2) is 18.2 Å². The SMILES string of the molecule is C[C@H](O)c1ccc(N(C)C2CCCN(C)C2)c(Cl)c1. The second kappa shape index (κ2) is 6.12. The first kappa shape index (κ1) is 14.6. The largest absolute Gasteiger partial charge is 0.389 e. The Bertz CT molecular complexity index is 436. The number of hydrogen-bond donors (Lipinski definition) is 1. The summed E-state index contributed by atoms with van der Waals surface area (Å²) >= 11 is 6.36. The van der Waals surface area contributed by atoms with Gasteiger partial charge < -0.3 is 14.9 Å². The Labute approximate surface area is 120 Å². The molecule has 2 atom stereocenters. The summed E-state index contributed by atoms with van der Waals surface area (Å²) in [5, 5.41) is 10.3. The number of halogens is 1. The summed E-state index contributed by atoms with van der Waals surface area (Å²) < 4.78 is 0. The van der Waals surface area contributed by atoms with Crippen molar-refractivity contribution in [3.8, 4) is 0 Å². The molecule has 19 heavy (non-hydrogen) atoms. The number of likely N-dealkylation sites (N-methyl/N-ethyl adjacent to an activating group) is 2. The number of benzene rings is 1. The molecule has 0 aliphatic carbocycles. The highest BCUT2D eigenvalue weighted by atomic mass is 35.5. The highest BCUT2D eigenvalue weighted by Gasteiger charge is 2.22. The van der Waals surface area contributed by atoms with Crippen LogP contribution in [-0.2, 0) is 0 Å². The first-order valence-electron chi connectivity index (χ1n) is 6.88. The Morgan fingerprint density at radius 2 is 2.21 bits per heavy atom. The fraction of sp³-hybridized carbons (Fsp3) is 0.600. The monoisotopic (exact) mass is 282 g/mol. The highest BCUT2D eigenvalue weighted by molar-refractivity contribution is 6.33. The van der Waals surface area contributed by atoms with Crippen LogP contribution in [0.5, 0.6) is 0 Å². The minimum absolute atomic E-state index is 0.474. The van der Waals surface area contributed by atoms with Gasteiger partial charge in [-0.15, -0.1) is 0 Å². The van der Waals surface area contributed by atoms with Gasteiger partial charge in [-0.25, -0.2) is 0 Å². The predicted octanol–water partition coefficient (Wildman–Crippen LogP) is 2.92. The van der Waals surface area contributed by atoms with Gasteiger partial charge in [-0.05, 0) is 51.1 Å². The van der Waals surface area contributed by atoms with Crippen molar-refractivity contribution in [1.29, 1.82) is 0 Å². The maximum Gasteiger partial charge on any atom is 0.0762 e. The normalized spacial score (nSPS) is 22.3. The molecule has 1 aliphatic heterocycles. The minimum Gasteiger partial charge on any atom is -0.389 e. The first-order valence-corrected chi connectivity index (χ1v) is 7.25. The molecule has 0 bridgehead atoms. The summed E-state index contributed by atoms with van der Waals surface area (Å²) in [6, 6.07) is 6.34. The van der Waals surface area contributed by atoms with Crippen LogP contribution in [0, 0.1) is 0 Å². The fourth-order valence-corrected chi connectivity index (χ4v) is 3.04. The Morgan fingerprint density at radius 3 is 2.79 bits per heavy atom. The zero-order valence-corrected chi connectivity index (χ0v) is 12.7. The van der Waals surface area contributed by atoms with Crippen molar-refractivity contribution >= 4 is 17.3 Å². The number of likely N-dealkylation sites (tertiary alicyclic amines) is 1. The molecule has 0 radical (unpaired) electrons. The molecule has 1 aromatic rings. The van der Waals surface area contributed by atoms with Crippen LogP contribution in [-0.4, -0.2) is 43.2 Å². The smallest absolute Gasteiger partial charge is 0.0762 e. The Morgan fingerprint density at radius 1 is 1.47 bits per heavy atom. The van der Waals surface area contributed by atoms with E-state index in [0.29, 0.717) is 11.1 Å². The molecular formula is C15H23ClN2O. The van der Waals surface area contributed by atoms with Gasteiger partial charge in [0.2, 0.25) is 0 Å². The Balaban J connectivity index is 2.16. The van der Waals surface area contributed by atoms with E-state index < -0.39 is 6.10 Å². The number of hydrogen-bond acceptors (Lipinski definition) is 3. The van der Waals surface area contributed by atoms with E-state index in [4.69, 9.17) is 11.6 Å². The van der Waals surface area contributed by atoms with Crippen LogP contribution < -0.4 is 4.90 Å².